The van der Waals surface area contributed by atoms with Gasteiger partial charge in [0.2, 0.25) is 0 Å². The summed E-state index contributed by atoms with van der Waals surface area (Å²) in [5.41, 5.74) is 9.71. The van der Waals surface area contributed by atoms with Gasteiger partial charge in [0.15, 0.2) is 11.4 Å². The predicted molar refractivity (Wildman–Crippen MR) is 113 cm³/mol. The Labute approximate surface area is 169 Å². The second kappa shape index (κ2) is 6.40. The average Bonchev–Trinajstić information content (AvgIpc) is 3.53. The van der Waals surface area contributed by atoms with Crippen LogP contribution in [0.5, 0.6) is 0 Å². The van der Waals surface area contributed by atoms with Crippen molar-refractivity contribution in [1.29, 1.82) is 0 Å². The number of nitrogen functional groups attached to an aromatic ring is 1. The fourth-order valence-electron chi connectivity index (χ4n) is 3.89. The highest BCUT2D eigenvalue weighted by molar-refractivity contribution is 7.17. The summed E-state index contributed by atoms with van der Waals surface area (Å²) in [5.74, 6) is 1.16. The maximum atomic E-state index is 6.17. The molecule has 5 aromatic heterocycles. The van der Waals surface area contributed by atoms with Crippen LogP contribution in [0.25, 0.3) is 43.5 Å². The molecule has 0 bridgehead atoms. The van der Waals surface area contributed by atoms with Gasteiger partial charge in [0.25, 0.3) is 0 Å². The second-order valence-electron chi connectivity index (χ2n) is 7.16. The Morgan fingerprint density at radius 1 is 1.17 bits per heavy atom. The topological polar surface area (TPSA) is 92.0 Å². The smallest absolute Gasteiger partial charge is 0.177 e. The molecule has 0 aromatic carbocycles. The van der Waals surface area contributed by atoms with E-state index in [0.717, 1.165) is 51.0 Å². The molecule has 5 aromatic rings. The summed E-state index contributed by atoms with van der Waals surface area (Å²) in [6, 6.07) is 4.33. The lowest BCUT2D eigenvalue weighted by Gasteiger charge is -2.07. The number of pyridine rings is 2. The van der Waals surface area contributed by atoms with Crippen LogP contribution >= 0.6 is 11.3 Å². The van der Waals surface area contributed by atoms with Crippen LogP contribution in [0.2, 0.25) is 0 Å². The Balaban J connectivity index is 1.49. The molecule has 8 heteroatoms. The van der Waals surface area contributed by atoms with Crippen LogP contribution in [-0.2, 0) is 4.74 Å². The van der Waals surface area contributed by atoms with Crippen LogP contribution in [0, 0.1) is 0 Å². The summed E-state index contributed by atoms with van der Waals surface area (Å²) in [4.78, 5) is 8.56. The van der Waals surface area contributed by atoms with E-state index in [-0.39, 0.29) is 6.04 Å². The molecule has 1 atom stereocenters. The monoisotopic (exact) mass is 403 g/mol. The van der Waals surface area contributed by atoms with Crippen LogP contribution < -0.4 is 5.73 Å². The zero-order chi connectivity index (χ0) is 19.4. The minimum Gasteiger partial charge on any atom is -0.452 e. The van der Waals surface area contributed by atoms with Crippen LogP contribution in [-0.4, -0.2) is 33.0 Å². The SMILES string of the molecule is Nc1ncc(-c2cnn(C3CCOC3)c2)c2cc(-c3csc4cnccc34)oc12. The van der Waals surface area contributed by atoms with Crippen molar-refractivity contribution < 1.29 is 9.15 Å². The molecule has 29 heavy (non-hydrogen) atoms. The van der Waals surface area contributed by atoms with Crippen molar-refractivity contribution >= 4 is 38.2 Å². The molecule has 0 spiro atoms. The molecule has 0 amide bonds. The van der Waals surface area contributed by atoms with Gasteiger partial charge < -0.3 is 14.9 Å². The van der Waals surface area contributed by atoms with Crippen LogP contribution in [0.1, 0.15) is 12.5 Å². The van der Waals surface area contributed by atoms with Crippen molar-refractivity contribution in [3.8, 4) is 22.5 Å². The number of fused-ring (bicyclic) bond motifs is 2. The molecular formula is C21H17N5O2S. The van der Waals surface area contributed by atoms with Gasteiger partial charge in [0, 0.05) is 64.2 Å². The maximum absolute atomic E-state index is 6.17. The van der Waals surface area contributed by atoms with Gasteiger partial charge in [-0.25, -0.2) is 4.98 Å². The van der Waals surface area contributed by atoms with Crippen LogP contribution in [0.15, 0.2) is 52.9 Å². The number of ether oxygens (including phenoxy) is 1. The number of hydrogen-bond donors (Lipinski definition) is 1. The summed E-state index contributed by atoms with van der Waals surface area (Å²) < 4.78 is 14.8. The minimum atomic E-state index is 0.284. The third kappa shape index (κ3) is 2.64. The van der Waals surface area contributed by atoms with Gasteiger partial charge in [-0.2, -0.15) is 5.10 Å². The molecule has 0 aliphatic carbocycles. The third-order valence-corrected chi connectivity index (χ3v) is 6.36. The highest BCUT2D eigenvalue weighted by Gasteiger charge is 2.21. The number of thiophene rings is 1. The number of anilines is 1. The molecule has 144 valence electrons. The summed E-state index contributed by atoms with van der Waals surface area (Å²) in [7, 11) is 0. The van der Waals surface area contributed by atoms with E-state index in [1.165, 1.54) is 0 Å². The number of nitrogens with two attached hydrogens (primary N) is 1. The van der Waals surface area contributed by atoms with Crippen molar-refractivity contribution in [2.45, 2.75) is 12.5 Å². The fourth-order valence-corrected chi connectivity index (χ4v) is 4.80. The van der Waals surface area contributed by atoms with E-state index < -0.39 is 0 Å². The van der Waals surface area contributed by atoms with Gasteiger partial charge in [-0.3, -0.25) is 9.67 Å². The van der Waals surface area contributed by atoms with Gasteiger partial charge in [-0.05, 0) is 18.6 Å². The van der Waals surface area contributed by atoms with Crippen LogP contribution in [0.4, 0.5) is 5.82 Å². The van der Waals surface area contributed by atoms with Crippen molar-refractivity contribution in [3.63, 3.8) is 0 Å². The van der Waals surface area contributed by atoms with Gasteiger partial charge >= 0.3 is 0 Å². The summed E-state index contributed by atoms with van der Waals surface area (Å²) in [6.07, 6.45) is 10.3. The first-order valence-corrected chi connectivity index (χ1v) is 10.3. The highest BCUT2D eigenvalue weighted by Crippen LogP contribution is 2.40. The van der Waals surface area contributed by atoms with Crippen molar-refractivity contribution in [1.82, 2.24) is 19.7 Å². The first-order chi connectivity index (χ1) is 14.3. The largest absolute Gasteiger partial charge is 0.452 e. The maximum Gasteiger partial charge on any atom is 0.177 e. The molecule has 6 heterocycles. The zero-order valence-corrected chi connectivity index (χ0v) is 16.2. The fraction of sp³-hybridized carbons (Fsp3) is 0.190. The Hall–Kier alpha value is -3.23. The first kappa shape index (κ1) is 16.7. The Morgan fingerprint density at radius 3 is 3.03 bits per heavy atom. The molecule has 6 rings (SSSR count). The summed E-state index contributed by atoms with van der Waals surface area (Å²) in [6.45, 7) is 1.48. The zero-order valence-electron chi connectivity index (χ0n) is 15.4. The number of nitrogens with zero attached hydrogens (tertiary/aromatic N) is 4. The van der Waals surface area contributed by atoms with E-state index in [2.05, 4.69) is 20.4 Å². The third-order valence-electron chi connectivity index (χ3n) is 5.42. The minimum absolute atomic E-state index is 0.284. The number of furan rings is 1. The van der Waals surface area contributed by atoms with E-state index >= 15 is 0 Å². The van der Waals surface area contributed by atoms with E-state index in [1.54, 1.807) is 23.7 Å². The lowest BCUT2D eigenvalue weighted by atomic mass is 10.1. The molecule has 1 fully saturated rings. The molecular weight excluding hydrogens is 386 g/mol. The quantitative estimate of drug-likeness (QED) is 0.476. The van der Waals surface area contributed by atoms with Gasteiger partial charge in [-0.1, -0.05) is 0 Å². The molecule has 7 nitrogen and oxygen atoms in total. The molecule has 1 unspecified atom stereocenters. The first-order valence-electron chi connectivity index (χ1n) is 9.40. The second-order valence-corrected chi connectivity index (χ2v) is 8.07. The average molecular weight is 403 g/mol. The Bertz CT molecular complexity index is 1350. The molecule has 0 saturated carbocycles. The van der Waals surface area contributed by atoms with Gasteiger partial charge in [-0.15, -0.1) is 11.3 Å². The van der Waals surface area contributed by atoms with E-state index in [4.69, 9.17) is 14.9 Å². The number of hydrogen-bond acceptors (Lipinski definition) is 7. The van der Waals surface area contributed by atoms with Gasteiger partial charge in [0.05, 0.1) is 23.5 Å². The van der Waals surface area contributed by atoms with E-state index in [0.29, 0.717) is 18.0 Å². The number of rotatable bonds is 3. The molecule has 1 aliphatic heterocycles. The van der Waals surface area contributed by atoms with Crippen LogP contribution in [0.3, 0.4) is 0 Å². The Morgan fingerprint density at radius 2 is 2.14 bits per heavy atom. The van der Waals surface area contributed by atoms with Crippen molar-refractivity contribution in [3.05, 3.63) is 48.5 Å². The van der Waals surface area contributed by atoms with Crippen molar-refractivity contribution in [2.24, 2.45) is 0 Å². The Kier molecular flexibility index (Phi) is 3.68. The van der Waals surface area contributed by atoms with E-state index in [9.17, 15) is 0 Å². The molecule has 1 saturated heterocycles. The van der Waals surface area contributed by atoms with E-state index in [1.807, 2.05) is 35.4 Å². The standard InChI is InChI=1S/C21H17N5O2S/c22-21-20-15(5-18(28-20)17-11-29-19-8-23-3-1-14(17)19)16(7-24-21)12-6-25-26(9-12)13-2-4-27-10-13/h1,3,5-9,11,13H,2,4,10H2,(H2,22,24). The number of aromatic nitrogens is 4. The summed E-state index contributed by atoms with van der Waals surface area (Å²) in [5, 5.41) is 8.68. The normalized spacial score (nSPS) is 16.9. The molecule has 0 radical (unpaired) electrons. The highest BCUT2D eigenvalue weighted by atomic mass is 32.1. The summed E-state index contributed by atoms with van der Waals surface area (Å²) >= 11 is 1.65. The molecule has 1 aliphatic rings. The molecule has 2 N–H and O–H groups in total. The van der Waals surface area contributed by atoms with Crippen molar-refractivity contribution in [2.75, 3.05) is 18.9 Å². The lowest BCUT2D eigenvalue weighted by molar-refractivity contribution is 0.184. The van der Waals surface area contributed by atoms with Gasteiger partial charge in [0.1, 0.15) is 5.76 Å². The predicted octanol–water partition coefficient (Wildman–Crippen LogP) is 4.51. The lowest BCUT2D eigenvalue weighted by Crippen LogP contribution is -2.08.